The Morgan fingerprint density at radius 1 is 1.00 bits per heavy atom. The molecule has 1 aromatic heterocycles. The Kier molecular flexibility index (Phi) is 8.09. The third-order valence-corrected chi connectivity index (χ3v) is 4.95. The van der Waals surface area contributed by atoms with E-state index in [1.807, 2.05) is 36.4 Å². The summed E-state index contributed by atoms with van der Waals surface area (Å²) in [6.07, 6.45) is 1.06. The molecule has 7 nitrogen and oxygen atoms in total. The molecule has 186 valence electrons. The Morgan fingerprint density at radius 2 is 1.78 bits per heavy atom. The third kappa shape index (κ3) is 7.76. The van der Waals surface area contributed by atoms with Crippen molar-refractivity contribution in [1.82, 2.24) is 9.97 Å². The van der Waals surface area contributed by atoms with Crippen LogP contribution < -0.4 is 10.6 Å². The molecular weight excluding hydrogens is 473 g/mol. The predicted octanol–water partition coefficient (Wildman–Crippen LogP) is 5.55. The number of aromatic nitrogens is 2. The number of carbonyl (C=O) groups is 1. The second-order valence-electron chi connectivity index (χ2n) is 7.88. The molecule has 0 atom stereocenters. The van der Waals surface area contributed by atoms with Crippen molar-refractivity contribution < 1.29 is 27.4 Å². The van der Waals surface area contributed by atoms with Gasteiger partial charge in [-0.05, 0) is 41.5 Å². The lowest BCUT2D eigenvalue weighted by atomic mass is 10.1. The summed E-state index contributed by atoms with van der Waals surface area (Å²) in [4.78, 5) is 20.9. The Balaban J connectivity index is 1.64. The van der Waals surface area contributed by atoms with Gasteiger partial charge in [-0.25, -0.2) is 9.97 Å². The number of nitrogens with one attached hydrogen (secondary N) is 2. The summed E-state index contributed by atoms with van der Waals surface area (Å²) in [5.41, 5.74) is 4.09. The number of amides is 1. The standard InChI is InChI=1S/C26H23F3N4O3/c27-26(28,29)8-6-24(34)31-21-13-19-14-22(15-21)32-25-30-9-7-23(33-25)20-5-3-4-18(12-20)16-35-10-1-2-11-36-17-19/h1-9,12-15H,10-11,16-17H2,(H,31,34)(H,30,32,33)/b2-1+,8-6+. The minimum atomic E-state index is -4.58. The highest BCUT2D eigenvalue weighted by Crippen LogP contribution is 2.25. The molecule has 0 saturated heterocycles. The average Bonchev–Trinajstić information content (AvgIpc) is 2.84. The predicted molar refractivity (Wildman–Crippen MR) is 129 cm³/mol. The first kappa shape index (κ1) is 25.1. The second kappa shape index (κ2) is 11.6. The van der Waals surface area contributed by atoms with Gasteiger partial charge in [0, 0.05) is 35.3 Å². The molecule has 0 unspecified atom stereocenters. The lowest BCUT2D eigenvalue weighted by Gasteiger charge is -2.13. The monoisotopic (exact) mass is 496 g/mol. The van der Waals surface area contributed by atoms with E-state index in [4.69, 9.17) is 9.47 Å². The van der Waals surface area contributed by atoms with E-state index < -0.39 is 12.1 Å². The van der Waals surface area contributed by atoms with E-state index in [2.05, 4.69) is 20.6 Å². The molecule has 0 fully saturated rings. The minimum Gasteiger partial charge on any atom is -0.373 e. The van der Waals surface area contributed by atoms with E-state index in [-0.39, 0.29) is 18.4 Å². The summed E-state index contributed by atoms with van der Waals surface area (Å²) in [6.45, 7) is 1.41. The van der Waals surface area contributed by atoms with Crippen molar-refractivity contribution in [2.45, 2.75) is 19.4 Å². The smallest absolute Gasteiger partial charge is 0.373 e. The van der Waals surface area contributed by atoms with Crippen LogP contribution in [0.4, 0.5) is 30.5 Å². The summed E-state index contributed by atoms with van der Waals surface area (Å²) in [7, 11) is 0. The maximum Gasteiger partial charge on any atom is 0.409 e. The van der Waals surface area contributed by atoms with E-state index in [9.17, 15) is 18.0 Å². The van der Waals surface area contributed by atoms with E-state index in [0.29, 0.717) is 48.8 Å². The van der Waals surface area contributed by atoms with Gasteiger partial charge in [-0.3, -0.25) is 4.79 Å². The number of alkyl halides is 3. The van der Waals surface area contributed by atoms with Crippen LogP contribution in [-0.2, 0) is 27.5 Å². The summed E-state index contributed by atoms with van der Waals surface area (Å²) in [5, 5.41) is 5.55. The summed E-state index contributed by atoms with van der Waals surface area (Å²) in [6, 6.07) is 14.6. The van der Waals surface area contributed by atoms with Crippen LogP contribution in [0.15, 0.2) is 79.0 Å². The van der Waals surface area contributed by atoms with Crippen LogP contribution in [0.1, 0.15) is 11.1 Å². The number of anilines is 3. The first-order chi connectivity index (χ1) is 17.3. The molecule has 1 aliphatic rings. The number of allylic oxidation sites excluding steroid dienone is 1. The van der Waals surface area contributed by atoms with Crippen LogP contribution in [0.25, 0.3) is 11.3 Å². The highest BCUT2D eigenvalue weighted by Gasteiger charge is 2.22. The number of benzene rings is 2. The van der Waals surface area contributed by atoms with Gasteiger partial charge in [-0.1, -0.05) is 30.4 Å². The molecule has 0 aliphatic carbocycles. The van der Waals surface area contributed by atoms with Gasteiger partial charge < -0.3 is 20.1 Å². The average molecular weight is 496 g/mol. The van der Waals surface area contributed by atoms with Crippen LogP contribution in [0, 0.1) is 0 Å². The van der Waals surface area contributed by atoms with Crippen LogP contribution in [0.5, 0.6) is 0 Å². The van der Waals surface area contributed by atoms with Crippen molar-refractivity contribution in [3.63, 3.8) is 0 Å². The van der Waals surface area contributed by atoms with Gasteiger partial charge in [-0.15, -0.1) is 0 Å². The van der Waals surface area contributed by atoms with Crippen molar-refractivity contribution in [2.75, 3.05) is 23.8 Å². The highest BCUT2D eigenvalue weighted by molar-refractivity contribution is 5.99. The largest absolute Gasteiger partial charge is 0.409 e. The van der Waals surface area contributed by atoms with Gasteiger partial charge in [0.1, 0.15) is 0 Å². The summed E-state index contributed by atoms with van der Waals surface area (Å²) < 4.78 is 48.6. The van der Waals surface area contributed by atoms with Crippen molar-refractivity contribution in [3.8, 4) is 11.3 Å². The van der Waals surface area contributed by atoms with E-state index in [0.717, 1.165) is 11.1 Å². The number of halogens is 3. The zero-order valence-corrected chi connectivity index (χ0v) is 19.1. The molecule has 3 aromatic rings. The molecule has 10 heteroatoms. The zero-order valence-electron chi connectivity index (χ0n) is 19.1. The molecule has 0 radical (unpaired) electrons. The van der Waals surface area contributed by atoms with Crippen molar-refractivity contribution in [3.05, 3.63) is 90.2 Å². The first-order valence-electron chi connectivity index (χ1n) is 11.0. The van der Waals surface area contributed by atoms with E-state index in [1.54, 1.807) is 30.5 Å². The fourth-order valence-corrected chi connectivity index (χ4v) is 3.43. The van der Waals surface area contributed by atoms with Gasteiger partial charge >= 0.3 is 6.18 Å². The maximum atomic E-state index is 12.4. The number of hydrogen-bond acceptors (Lipinski definition) is 6. The Hall–Kier alpha value is -4.02. The first-order valence-corrected chi connectivity index (χ1v) is 11.0. The Bertz CT molecular complexity index is 1280. The number of rotatable bonds is 2. The quantitative estimate of drug-likeness (QED) is 0.358. The Labute approximate surface area is 205 Å². The van der Waals surface area contributed by atoms with Crippen LogP contribution in [0.2, 0.25) is 0 Å². The Morgan fingerprint density at radius 3 is 2.56 bits per heavy atom. The summed E-state index contributed by atoms with van der Waals surface area (Å²) >= 11 is 0. The lowest BCUT2D eigenvalue weighted by Crippen LogP contribution is -2.11. The SMILES string of the molecule is O=C(/C=C/C(F)(F)F)Nc1cc2cc(c1)Nc1nccc(n1)-c1cccc(c1)COC/C=C/COC2. The number of hydrogen-bond donors (Lipinski definition) is 2. The van der Waals surface area contributed by atoms with Gasteiger partial charge in [0.2, 0.25) is 11.9 Å². The maximum absolute atomic E-state index is 12.4. The minimum absolute atomic E-state index is 0.117. The van der Waals surface area contributed by atoms with Crippen LogP contribution >= 0.6 is 0 Å². The molecule has 0 saturated carbocycles. The van der Waals surface area contributed by atoms with Gasteiger partial charge in [0.05, 0.1) is 32.1 Å². The van der Waals surface area contributed by atoms with Crippen molar-refractivity contribution in [1.29, 1.82) is 0 Å². The molecule has 36 heavy (non-hydrogen) atoms. The topological polar surface area (TPSA) is 85.4 Å². The van der Waals surface area contributed by atoms with Crippen LogP contribution in [-0.4, -0.2) is 35.3 Å². The van der Waals surface area contributed by atoms with Crippen LogP contribution in [0.3, 0.4) is 0 Å². The molecule has 2 N–H and O–H groups in total. The lowest BCUT2D eigenvalue weighted by molar-refractivity contribution is -0.112. The molecule has 1 aliphatic heterocycles. The molecule has 2 heterocycles. The van der Waals surface area contributed by atoms with Crippen molar-refractivity contribution in [2.24, 2.45) is 0 Å². The summed E-state index contributed by atoms with van der Waals surface area (Å²) in [5.74, 6) is -0.600. The number of carbonyl (C=O) groups excluding carboxylic acids is 1. The number of nitrogens with zero attached hydrogens (tertiary/aromatic N) is 2. The van der Waals surface area contributed by atoms with E-state index >= 15 is 0 Å². The second-order valence-corrected chi connectivity index (χ2v) is 7.88. The fraction of sp³-hybridized carbons (Fsp3) is 0.192. The molecular formula is C26H23F3N4O3. The zero-order chi connectivity index (χ0) is 25.4. The molecule has 2 aromatic carbocycles. The number of fused-ring (bicyclic) bond motifs is 7. The van der Waals surface area contributed by atoms with E-state index in [1.165, 1.54) is 0 Å². The number of ether oxygens (including phenoxy) is 2. The molecule has 1 amide bonds. The third-order valence-electron chi connectivity index (χ3n) is 4.95. The van der Waals surface area contributed by atoms with Gasteiger partial charge in [0.25, 0.3) is 0 Å². The molecule has 4 rings (SSSR count). The highest BCUT2D eigenvalue weighted by atomic mass is 19.4. The molecule has 0 spiro atoms. The normalized spacial score (nSPS) is 15.4. The van der Waals surface area contributed by atoms with Gasteiger partial charge in [0.15, 0.2) is 0 Å². The van der Waals surface area contributed by atoms with Gasteiger partial charge in [-0.2, -0.15) is 13.2 Å². The fourth-order valence-electron chi connectivity index (χ4n) is 3.43. The van der Waals surface area contributed by atoms with Crippen molar-refractivity contribution >= 4 is 23.2 Å². The molecule has 6 bridgehead atoms.